The Hall–Kier alpha value is -0.130. The molecular weight excluding hydrogens is 238 g/mol. The lowest BCUT2D eigenvalue weighted by atomic mass is 9.11. The van der Waals surface area contributed by atoms with Crippen molar-refractivity contribution in [3.63, 3.8) is 0 Å². The fourth-order valence-corrected chi connectivity index (χ4v) is 4.65. The fourth-order valence-electron chi connectivity index (χ4n) is 4.65. The highest BCUT2D eigenvalue weighted by Gasteiger charge is 2.66. The maximum atomic E-state index is 2.70. The number of hydrogen-bond acceptors (Lipinski definition) is 0. The minimum atomic E-state index is 0.701. The first-order valence-electron chi connectivity index (χ1n) is 9.33. The van der Waals surface area contributed by atoms with E-state index < -0.39 is 0 Å². The van der Waals surface area contributed by atoms with Crippen molar-refractivity contribution in [1.82, 2.24) is 0 Å². The lowest BCUT2D eigenvalue weighted by Gasteiger charge is -2.37. The van der Waals surface area contributed by atoms with Crippen LogP contribution in [0.5, 0.6) is 0 Å². The number of allylic oxidation sites excluding steroid dienone is 2. The molecule has 112 valence electrons. The lowest BCUT2D eigenvalue weighted by Crippen LogP contribution is -2.37. The van der Waals surface area contributed by atoms with Crippen LogP contribution in [0.4, 0.5) is 0 Å². The van der Waals surface area contributed by atoms with Gasteiger partial charge in [-0.15, -0.1) is 0 Å². The molecule has 2 fully saturated rings. The maximum Gasteiger partial charge on any atom is 0.100 e. The minimum Gasteiger partial charge on any atom is -0.0821 e. The van der Waals surface area contributed by atoms with E-state index in [2.05, 4.69) is 40.7 Å². The van der Waals surface area contributed by atoms with Gasteiger partial charge in [0.1, 0.15) is 7.17 Å². The summed E-state index contributed by atoms with van der Waals surface area (Å²) in [6, 6.07) is 0. The van der Waals surface area contributed by atoms with Gasteiger partial charge in [-0.2, -0.15) is 0 Å². The standard InChI is InChI=1S/C18H34B2/c1-6-9-11-15-16(12-14(5)13(4)8-3)18(15)17(10-7-2)19-20-18/h12-15,17,19-20H,6-11H2,1-5H3/b16-12+/t13?,14?,15-,17-,18+/m0/s1. The molecule has 1 saturated heterocycles. The van der Waals surface area contributed by atoms with Gasteiger partial charge in [0.05, 0.1) is 7.17 Å². The minimum absolute atomic E-state index is 0.701. The van der Waals surface area contributed by atoms with Crippen LogP contribution in [-0.4, -0.2) is 14.3 Å². The molecule has 1 spiro atoms. The first kappa shape index (κ1) is 16.2. The van der Waals surface area contributed by atoms with E-state index in [1.807, 2.05) is 5.57 Å². The first-order valence-corrected chi connectivity index (χ1v) is 9.33. The van der Waals surface area contributed by atoms with E-state index in [1.165, 1.54) is 52.9 Å². The predicted octanol–water partition coefficient (Wildman–Crippen LogP) is 4.96. The number of rotatable bonds is 8. The highest BCUT2D eigenvalue weighted by atomic mass is 14.6. The first-order chi connectivity index (χ1) is 9.61. The molecule has 1 saturated carbocycles. The van der Waals surface area contributed by atoms with E-state index in [4.69, 9.17) is 0 Å². The molecule has 0 amide bonds. The molecule has 0 aromatic carbocycles. The van der Waals surface area contributed by atoms with Crippen LogP contribution in [0.15, 0.2) is 11.6 Å². The van der Waals surface area contributed by atoms with Crippen molar-refractivity contribution in [2.24, 2.45) is 17.8 Å². The fraction of sp³-hybridized carbons (Fsp3) is 0.889. The molecule has 2 rings (SSSR count). The second-order valence-electron chi connectivity index (χ2n) is 7.63. The van der Waals surface area contributed by atoms with Gasteiger partial charge in [-0.25, -0.2) is 0 Å². The van der Waals surface area contributed by atoms with Crippen molar-refractivity contribution in [2.75, 3.05) is 0 Å². The molecule has 0 aromatic heterocycles. The Bertz CT molecular complexity index is 349. The summed E-state index contributed by atoms with van der Waals surface area (Å²) in [4.78, 5) is 0. The van der Waals surface area contributed by atoms with Gasteiger partial charge in [0.25, 0.3) is 0 Å². The van der Waals surface area contributed by atoms with Crippen LogP contribution < -0.4 is 0 Å². The van der Waals surface area contributed by atoms with Gasteiger partial charge >= 0.3 is 0 Å². The van der Waals surface area contributed by atoms with E-state index in [0.29, 0.717) is 5.31 Å². The molecule has 0 N–H and O–H groups in total. The zero-order valence-corrected chi connectivity index (χ0v) is 14.5. The van der Waals surface area contributed by atoms with E-state index >= 15 is 0 Å². The largest absolute Gasteiger partial charge is 0.100 e. The Balaban J connectivity index is 2.07. The van der Waals surface area contributed by atoms with Gasteiger partial charge < -0.3 is 0 Å². The third kappa shape index (κ3) is 2.77. The second kappa shape index (κ2) is 6.75. The third-order valence-electron chi connectivity index (χ3n) is 6.55. The Morgan fingerprint density at radius 1 is 1.15 bits per heavy atom. The normalized spacial score (nSPS) is 36.1. The van der Waals surface area contributed by atoms with Crippen LogP contribution in [0.25, 0.3) is 0 Å². The van der Waals surface area contributed by atoms with Crippen molar-refractivity contribution in [3.8, 4) is 0 Å². The summed E-state index contributed by atoms with van der Waals surface area (Å²) < 4.78 is 0. The van der Waals surface area contributed by atoms with Crippen molar-refractivity contribution in [2.45, 2.75) is 84.3 Å². The second-order valence-corrected chi connectivity index (χ2v) is 7.63. The van der Waals surface area contributed by atoms with Crippen LogP contribution in [0, 0.1) is 17.8 Å². The maximum absolute atomic E-state index is 2.70. The van der Waals surface area contributed by atoms with Gasteiger partial charge in [-0.1, -0.05) is 84.2 Å². The summed E-state index contributed by atoms with van der Waals surface area (Å²) >= 11 is 0. The van der Waals surface area contributed by atoms with E-state index in [9.17, 15) is 0 Å². The van der Waals surface area contributed by atoms with Crippen molar-refractivity contribution >= 4 is 14.3 Å². The quantitative estimate of drug-likeness (QED) is 0.432. The molecule has 0 nitrogen and oxygen atoms in total. The predicted molar refractivity (Wildman–Crippen MR) is 95.4 cm³/mol. The van der Waals surface area contributed by atoms with Crippen molar-refractivity contribution < 1.29 is 0 Å². The molecule has 2 unspecified atom stereocenters. The average molecular weight is 272 g/mol. The Morgan fingerprint density at radius 2 is 1.90 bits per heavy atom. The lowest BCUT2D eigenvalue weighted by molar-refractivity contribution is 0.445. The zero-order valence-electron chi connectivity index (χ0n) is 14.5. The Labute approximate surface area is 128 Å². The van der Waals surface area contributed by atoms with Crippen molar-refractivity contribution in [1.29, 1.82) is 0 Å². The van der Waals surface area contributed by atoms with E-state index in [0.717, 1.165) is 23.6 Å². The molecule has 0 radical (unpaired) electrons. The Morgan fingerprint density at radius 3 is 2.40 bits per heavy atom. The number of hydrogen-bond donors (Lipinski definition) is 0. The SMILES string of the molecule is CCCC[C@H]1/C(=C\C(C)C(C)CC)[C@]12BB[C@H]2CCC. The van der Waals surface area contributed by atoms with Crippen LogP contribution in [0.2, 0.25) is 11.1 Å². The van der Waals surface area contributed by atoms with Gasteiger partial charge in [0.2, 0.25) is 0 Å². The topological polar surface area (TPSA) is 0 Å². The van der Waals surface area contributed by atoms with Crippen LogP contribution in [0.1, 0.15) is 73.1 Å². The molecule has 5 atom stereocenters. The smallest absolute Gasteiger partial charge is 0.0821 e. The summed E-state index contributed by atoms with van der Waals surface area (Å²) in [5.41, 5.74) is 1.89. The highest BCUT2D eigenvalue weighted by Crippen LogP contribution is 2.78. The van der Waals surface area contributed by atoms with Crippen LogP contribution >= 0.6 is 0 Å². The van der Waals surface area contributed by atoms with Crippen LogP contribution in [-0.2, 0) is 0 Å². The summed E-state index contributed by atoms with van der Waals surface area (Å²) in [5, 5.41) is 0.701. The molecule has 20 heavy (non-hydrogen) atoms. The van der Waals surface area contributed by atoms with E-state index in [1.54, 1.807) is 0 Å². The molecule has 0 bridgehead atoms. The zero-order chi connectivity index (χ0) is 14.8. The van der Waals surface area contributed by atoms with Gasteiger partial charge in [-0.3, -0.25) is 0 Å². The Kier molecular flexibility index (Phi) is 5.49. The molecule has 2 heteroatoms. The van der Waals surface area contributed by atoms with E-state index in [-0.39, 0.29) is 0 Å². The molecular formula is C18H34B2. The summed E-state index contributed by atoms with van der Waals surface area (Å²) in [7, 11) is 3.01. The third-order valence-corrected chi connectivity index (χ3v) is 6.55. The molecule has 1 aliphatic heterocycles. The van der Waals surface area contributed by atoms with Gasteiger partial charge in [-0.05, 0) is 29.5 Å². The highest BCUT2D eigenvalue weighted by molar-refractivity contribution is 7.10. The molecule has 2 aliphatic rings. The van der Waals surface area contributed by atoms with Gasteiger partial charge in [0, 0.05) is 0 Å². The average Bonchev–Trinajstić information content (AvgIpc) is 3.09. The molecule has 0 aromatic rings. The van der Waals surface area contributed by atoms with Crippen molar-refractivity contribution in [3.05, 3.63) is 11.6 Å². The summed E-state index contributed by atoms with van der Waals surface area (Å²) in [6.07, 6.45) is 11.1. The summed E-state index contributed by atoms with van der Waals surface area (Å²) in [5.74, 6) is 3.63. The summed E-state index contributed by atoms with van der Waals surface area (Å²) in [6.45, 7) is 11.9. The molecule has 1 heterocycles. The van der Waals surface area contributed by atoms with Crippen LogP contribution in [0.3, 0.4) is 0 Å². The molecule has 1 aliphatic carbocycles. The van der Waals surface area contributed by atoms with Gasteiger partial charge in [0.15, 0.2) is 0 Å². The monoisotopic (exact) mass is 272 g/mol. The number of unbranched alkanes of at least 4 members (excludes halogenated alkanes) is 1.